The summed E-state index contributed by atoms with van der Waals surface area (Å²) < 4.78 is 13.6. The Bertz CT molecular complexity index is 570. The van der Waals surface area contributed by atoms with Crippen LogP contribution in [0, 0.1) is 15.9 Å². The summed E-state index contributed by atoms with van der Waals surface area (Å²) in [6, 6.07) is 13.8. The van der Waals surface area contributed by atoms with Crippen molar-refractivity contribution in [3.8, 4) is 0 Å². The summed E-state index contributed by atoms with van der Waals surface area (Å²) in [5.41, 5.74) is 1.54. The Morgan fingerprint density at radius 3 is 2.42 bits per heavy atom. The van der Waals surface area contributed by atoms with Crippen molar-refractivity contribution in [1.82, 2.24) is 0 Å². The van der Waals surface area contributed by atoms with Crippen LogP contribution in [0.5, 0.6) is 0 Å². The fourth-order valence-corrected chi connectivity index (χ4v) is 1.98. The lowest BCUT2D eigenvalue weighted by Crippen LogP contribution is -1.96. The van der Waals surface area contributed by atoms with Gasteiger partial charge in [-0.3, -0.25) is 10.1 Å². The molecule has 0 aliphatic rings. The highest BCUT2D eigenvalue weighted by atomic mass is 19.1. The fraction of sp³-hybridized carbons (Fsp3) is 0.200. The van der Waals surface area contributed by atoms with Gasteiger partial charge in [-0.15, -0.1) is 0 Å². The van der Waals surface area contributed by atoms with E-state index in [1.807, 2.05) is 30.3 Å². The molecule has 0 heterocycles. The molecule has 0 unspecified atom stereocenters. The molecule has 0 N–H and O–H groups in total. The second-order valence-corrected chi connectivity index (χ2v) is 4.37. The van der Waals surface area contributed by atoms with Gasteiger partial charge in [-0.05, 0) is 36.5 Å². The van der Waals surface area contributed by atoms with Crippen LogP contribution in [0.15, 0.2) is 48.5 Å². The first-order chi connectivity index (χ1) is 9.16. The number of nitro groups is 1. The number of rotatable bonds is 5. The molecule has 2 aromatic rings. The van der Waals surface area contributed by atoms with Crippen molar-refractivity contribution in [3.63, 3.8) is 0 Å². The van der Waals surface area contributed by atoms with E-state index in [9.17, 15) is 14.5 Å². The van der Waals surface area contributed by atoms with E-state index < -0.39 is 10.7 Å². The zero-order chi connectivity index (χ0) is 13.7. The number of aryl methyl sites for hydroxylation is 2. The van der Waals surface area contributed by atoms with Crippen LogP contribution in [-0.2, 0) is 12.8 Å². The van der Waals surface area contributed by atoms with E-state index in [1.165, 1.54) is 17.7 Å². The first kappa shape index (κ1) is 13.2. The molecule has 0 amide bonds. The summed E-state index contributed by atoms with van der Waals surface area (Å²) in [6.07, 6.45) is 2.27. The number of benzene rings is 2. The van der Waals surface area contributed by atoms with Gasteiger partial charge in [-0.25, -0.2) is 4.39 Å². The van der Waals surface area contributed by atoms with Gasteiger partial charge in [0, 0.05) is 6.07 Å². The van der Waals surface area contributed by atoms with E-state index >= 15 is 0 Å². The zero-order valence-electron chi connectivity index (χ0n) is 10.4. The Morgan fingerprint density at radius 2 is 1.79 bits per heavy atom. The Kier molecular flexibility index (Phi) is 4.23. The summed E-state index contributed by atoms with van der Waals surface area (Å²) >= 11 is 0. The summed E-state index contributed by atoms with van der Waals surface area (Å²) in [4.78, 5) is 9.92. The van der Waals surface area contributed by atoms with Crippen LogP contribution in [0.3, 0.4) is 0 Å². The highest BCUT2D eigenvalue weighted by Gasteiger charge is 2.10. The summed E-state index contributed by atoms with van der Waals surface area (Å²) in [6.45, 7) is 0. The molecule has 0 saturated carbocycles. The smallest absolute Gasteiger partial charge is 0.258 e. The molecule has 0 radical (unpaired) electrons. The van der Waals surface area contributed by atoms with E-state index in [0.717, 1.165) is 18.9 Å². The molecule has 0 spiro atoms. The molecule has 0 aliphatic carbocycles. The Morgan fingerprint density at radius 1 is 1.05 bits per heavy atom. The van der Waals surface area contributed by atoms with Gasteiger partial charge in [0.15, 0.2) is 0 Å². The summed E-state index contributed by atoms with van der Waals surface area (Å²) in [5, 5.41) is 10.5. The zero-order valence-corrected chi connectivity index (χ0v) is 10.4. The third-order valence-corrected chi connectivity index (χ3v) is 3.00. The first-order valence-electron chi connectivity index (χ1n) is 6.13. The molecule has 4 heteroatoms. The summed E-state index contributed by atoms with van der Waals surface area (Å²) in [7, 11) is 0. The number of hydrogen-bond acceptors (Lipinski definition) is 2. The number of hydrogen-bond donors (Lipinski definition) is 0. The monoisotopic (exact) mass is 259 g/mol. The average Bonchev–Trinajstić information content (AvgIpc) is 2.41. The lowest BCUT2D eigenvalue weighted by molar-refractivity contribution is -0.385. The predicted octanol–water partition coefficient (Wildman–Crippen LogP) is 3.91. The number of halogens is 1. The highest BCUT2D eigenvalue weighted by Crippen LogP contribution is 2.18. The van der Waals surface area contributed by atoms with Gasteiger partial charge >= 0.3 is 0 Å². The fourth-order valence-electron chi connectivity index (χ4n) is 1.98. The SMILES string of the molecule is O=[N+]([O-])c1ccc(CCCc2ccccc2)c(F)c1. The maximum Gasteiger partial charge on any atom is 0.272 e. The van der Waals surface area contributed by atoms with Crippen LogP contribution in [0.1, 0.15) is 17.5 Å². The van der Waals surface area contributed by atoms with Gasteiger partial charge in [0.2, 0.25) is 0 Å². The van der Waals surface area contributed by atoms with E-state index in [0.29, 0.717) is 12.0 Å². The minimum absolute atomic E-state index is 0.204. The van der Waals surface area contributed by atoms with Crippen molar-refractivity contribution in [2.75, 3.05) is 0 Å². The third-order valence-electron chi connectivity index (χ3n) is 3.00. The standard InChI is InChI=1S/C15H14FNO2/c16-15-11-14(17(18)19)10-9-13(15)8-4-7-12-5-2-1-3-6-12/h1-3,5-6,9-11H,4,7-8H2. The largest absolute Gasteiger partial charge is 0.272 e. The lowest BCUT2D eigenvalue weighted by Gasteiger charge is -2.03. The maximum atomic E-state index is 13.6. The molecule has 0 aliphatic heterocycles. The number of nitrogens with zero attached hydrogens (tertiary/aromatic N) is 1. The molecular formula is C15H14FNO2. The van der Waals surface area contributed by atoms with Crippen molar-refractivity contribution in [3.05, 3.63) is 75.6 Å². The molecule has 0 aromatic heterocycles. The van der Waals surface area contributed by atoms with E-state index in [2.05, 4.69) is 0 Å². The van der Waals surface area contributed by atoms with Crippen molar-refractivity contribution < 1.29 is 9.31 Å². The van der Waals surface area contributed by atoms with E-state index in [-0.39, 0.29) is 5.69 Å². The minimum Gasteiger partial charge on any atom is -0.258 e. The lowest BCUT2D eigenvalue weighted by atomic mass is 10.0. The molecular weight excluding hydrogens is 245 g/mol. The van der Waals surface area contributed by atoms with Gasteiger partial charge in [0.1, 0.15) is 5.82 Å². The highest BCUT2D eigenvalue weighted by molar-refractivity contribution is 5.34. The van der Waals surface area contributed by atoms with Crippen molar-refractivity contribution in [2.45, 2.75) is 19.3 Å². The molecule has 98 valence electrons. The van der Waals surface area contributed by atoms with Crippen LogP contribution in [0.25, 0.3) is 0 Å². The maximum absolute atomic E-state index is 13.6. The second kappa shape index (κ2) is 6.09. The molecule has 2 rings (SSSR count). The Balaban J connectivity index is 1.95. The molecule has 0 fully saturated rings. The molecule has 19 heavy (non-hydrogen) atoms. The van der Waals surface area contributed by atoms with Crippen molar-refractivity contribution in [1.29, 1.82) is 0 Å². The van der Waals surface area contributed by atoms with Gasteiger partial charge in [0.05, 0.1) is 11.0 Å². The van der Waals surface area contributed by atoms with Crippen LogP contribution in [0.4, 0.5) is 10.1 Å². The Hall–Kier alpha value is -2.23. The van der Waals surface area contributed by atoms with Gasteiger partial charge in [-0.1, -0.05) is 30.3 Å². The number of nitro benzene ring substituents is 1. The molecule has 0 atom stereocenters. The molecule has 2 aromatic carbocycles. The summed E-state index contributed by atoms with van der Waals surface area (Å²) in [5.74, 6) is -0.498. The minimum atomic E-state index is -0.586. The van der Waals surface area contributed by atoms with Crippen LogP contribution in [0.2, 0.25) is 0 Å². The van der Waals surface area contributed by atoms with Crippen LogP contribution < -0.4 is 0 Å². The van der Waals surface area contributed by atoms with Crippen LogP contribution >= 0.6 is 0 Å². The van der Waals surface area contributed by atoms with Crippen LogP contribution in [-0.4, -0.2) is 4.92 Å². The average molecular weight is 259 g/mol. The second-order valence-electron chi connectivity index (χ2n) is 4.37. The molecule has 0 saturated heterocycles. The van der Waals surface area contributed by atoms with Crippen molar-refractivity contribution >= 4 is 5.69 Å². The van der Waals surface area contributed by atoms with Gasteiger partial charge in [-0.2, -0.15) is 0 Å². The molecule has 0 bridgehead atoms. The first-order valence-corrected chi connectivity index (χ1v) is 6.13. The third kappa shape index (κ3) is 3.61. The van der Waals surface area contributed by atoms with Gasteiger partial charge < -0.3 is 0 Å². The van der Waals surface area contributed by atoms with E-state index in [4.69, 9.17) is 0 Å². The van der Waals surface area contributed by atoms with Gasteiger partial charge in [0.25, 0.3) is 5.69 Å². The normalized spacial score (nSPS) is 10.4. The Labute approximate surface area is 110 Å². The van der Waals surface area contributed by atoms with Crippen molar-refractivity contribution in [2.24, 2.45) is 0 Å². The van der Waals surface area contributed by atoms with E-state index in [1.54, 1.807) is 0 Å². The predicted molar refractivity (Wildman–Crippen MR) is 71.5 cm³/mol. The molecule has 3 nitrogen and oxygen atoms in total. The quantitative estimate of drug-likeness (QED) is 0.603. The number of non-ortho nitro benzene ring substituents is 1. The topological polar surface area (TPSA) is 43.1 Å².